The summed E-state index contributed by atoms with van der Waals surface area (Å²) in [6.07, 6.45) is 13.6. The van der Waals surface area contributed by atoms with E-state index in [0.29, 0.717) is 11.8 Å². The quantitative estimate of drug-likeness (QED) is 0.782. The molecule has 0 radical (unpaired) electrons. The Bertz CT molecular complexity index is 352. The van der Waals surface area contributed by atoms with Crippen molar-refractivity contribution in [3.05, 3.63) is 0 Å². The summed E-state index contributed by atoms with van der Waals surface area (Å²) in [5.74, 6) is 5.04. The van der Waals surface area contributed by atoms with Crippen molar-refractivity contribution in [2.75, 3.05) is 0 Å². The van der Waals surface area contributed by atoms with Crippen molar-refractivity contribution in [2.24, 2.45) is 35.5 Å². The van der Waals surface area contributed by atoms with Crippen molar-refractivity contribution >= 4 is 0 Å². The molecule has 4 fully saturated rings. The highest BCUT2D eigenvalue weighted by Crippen LogP contribution is 2.65. The lowest BCUT2D eigenvalue weighted by molar-refractivity contribution is -0.106. The number of aliphatic hydroxyl groups is 1. The maximum atomic E-state index is 11.5. The van der Waals surface area contributed by atoms with Crippen molar-refractivity contribution in [2.45, 2.75) is 76.7 Å². The average Bonchev–Trinajstić information content (AvgIpc) is 3.10. The molecule has 7 atom stereocenters. The fraction of sp³-hybridized carbons (Fsp3) is 1.00. The van der Waals surface area contributed by atoms with Crippen LogP contribution in [0.2, 0.25) is 0 Å². The van der Waals surface area contributed by atoms with Gasteiger partial charge in [-0.1, -0.05) is 32.6 Å². The average molecular weight is 262 g/mol. The van der Waals surface area contributed by atoms with Crippen LogP contribution in [0, 0.1) is 35.5 Å². The Hall–Kier alpha value is -0.0400. The van der Waals surface area contributed by atoms with Crippen LogP contribution in [0.4, 0.5) is 0 Å². The van der Waals surface area contributed by atoms with Gasteiger partial charge in [-0.3, -0.25) is 0 Å². The third-order valence-electron chi connectivity index (χ3n) is 7.60. The molecule has 1 heteroatoms. The molecule has 0 heterocycles. The molecule has 4 rings (SSSR count). The Kier molecular flexibility index (Phi) is 2.99. The van der Waals surface area contributed by atoms with Crippen molar-refractivity contribution in [3.8, 4) is 0 Å². The second kappa shape index (κ2) is 4.48. The molecule has 108 valence electrons. The van der Waals surface area contributed by atoms with E-state index in [0.717, 1.165) is 23.7 Å². The standard InChI is InChI=1S/C18H30O/c1-2-12-5-3-6-14(9-12)18(19)11-13-10-17(18)16-8-4-7-15(13)16/h12-17,19H,2-11H2,1H3. The molecule has 19 heavy (non-hydrogen) atoms. The zero-order chi connectivity index (χ0) is 13.0. The summed E-state index contributed by atoms with van der Waals surface area (Å²) in [5, 5.41) is 11.5. The first kappa shape index (κ1) is 12.7. The van der Waals surface area contributed by atoms with E-state index < -0.39 is 0 Å². The number of rotatable bonds is 2. The summed E-state index contributed by atoms with van der Waals surface area (Å²) in [5.41, 5.74) is -0.246. The Morgan fingerprint density at radius 2 is 1.79 bits per heavy atom. The van der Waals surface area contributed by atoms with E-state index in [4.69, 9.17) is 0 Å². The van der Waals surface area contributed by atoms with Gasteiger partial charge in [0, 0.05) is 0 Å². The molecule has 0 aromatic carbocycles. The van der Waals surface area contributed by atoms with Crippen LogP contribution in [0.3, 0.4) is 0 Å². The zero-order valence-corrected chi connectivity index (χ0v) is 12.5. The summed E-state index contributed by atoms with van der Waals surface area (Å²) in [6, 6.07) is 0. The predicted octanol–water partition coefficient (Wildman–Crippen LogP) is 4.39. The molecule has 4 saturated carbocycles. The van der Waals surface area contributed by atoms with Crippen LogP contribution in [0.15, 0.2) is 0 Å². The molecule has 0 aliphatic heterocycles. The maximum absolute atomic E-state index is 11.5. The lowest BCUT2D eigenvalue weighted by atomic mass is 9.62. The van der Waals surface area contributed by atoms with Crippen LogP contribution in [-0.2, 0) is 0 Å². The number of hydrogen-bond donors (Lipinski definition) is 1. The smallest absolute Gasteiger partial charge is 0.0709 e. The molecule has 4 aliphatic carbocycles. The van der Waals surface area contributed by atoms with E-state index in [9.17, 15) is 5.11 Å². The van der Waals surface area contributed by atoms with Gasteiger partial charge in [-0.2, -0.15) is 0 Å². The lowest BCUT2D eigenvalue weighted by Gasteiger charge is -2.47. The van der Waals surface area contributed by atoms with E-state index in [2.05, 4.69) is 6.92 Å². The van der Waals surface area contributed by atoms with Crippen LogP contribution < -0.4 is 0 Å². The van der Waals surface area contributed by atoms with E-state index in [1.54, 1.807) is 0 Å². The Morgan fingerprint density at radius 3 is 2.63 bits per heavy atom. The molecular formula is C18H30O. The van der Waals surface area contributed by atoms with Crippen molar-refractivity contribution in [3.63, 3.8) is 0 Å². The van der Waals surface area contributed by atoms with E-state index in [1.165, 1.54) is 64.2 Å². The molecular weight excluding hydrogens is 232 g/mol. The summed E-state index contributed by atoms with van der Waals surface area (Å²) in [6.45, 7) is 2.34. The zero-order valence-electron chi connectivity index (χ0n) is 12.5. The van der Waals surface area contributed by atoms with Gasteiger partial charge < -0.3 is 5.11 Å². The lowest BCUT2D eigenvalue weighted by Crippen LogP contribution is -2.48. The second-order valence-corrected chi connectivity index (χ2v) is 8.19. The first-order valence-corrected chi connectivity index (χ1v) is 8.94. The van der Waals surface area contributed by atoms with Crippen molar-refractivity contribution in [1.82, 2.24) is 0 Å². The van der Waals surface area contributed by atoms with Gasteiger partial charge in [-0.15, -0.1) is 0 Å². The van der Waals surface area contributed by atoms with E-state index >= 15 is 0 Å². The minimum atomic E-state index is -0.246. The molecule has 0 aromatic rings. The Labute approximate surface area is 118 Å². The fourth-order valence-electron chi connectivity index (χ4n) is 6.74. The normalized spacial score (nSPS) is 56.5. The second-order valence-electron chi connectivity index (χ2n) is 8.19. The van der Waals surface area contributed by atoms with Gasteiger partial charge in [-0.25, -0.2) is 0 Å². The van der Waals surface area contributed by atoms with Crippen LogP contribution >= 0.6 is 0 Å². The molecule has 0 spiro atoms. The van der Waals surface area contributed by atoms with Gasteiger partial charge in [-0.05, 0) is 74.0 Å². The topological polar surface area (TPSA) is 20.2 Å². The van der Waals surface area contributed by atoms with E-state index in [-0.39, 0.29) is 5.60 Å². The highest BCUT2D eigenvalue weighted by atomic mass is 16.3. The number of fused-ring (bicyclic) bond motifs is 5. The highest BCUT2D eigenvalue weighted by molar-refractivity contribution is 5.12. The van der Waals surface area contributed by atoms with Gasteiger partial charge in [0.15, 0.2) is 0 Å². The molecule has 0 saturated heterocycles. The number of hydrogen-bond acceptors (Lipinski definition) is 1. The van der Waals surface area contributed by atoms with Gasteiger partial charge in [0.25, 0.3) is 0 Å². The first-order valence-electron chi connectivity index (χ1n) is 8.94. The maximum Gasteiger partial charge on any atom is 0.0709 e. The Morgan fingerprint density at radius 1 is 1.00 bits per heavy atom. The van der Waals surface area contributed by atoms with Crippen molar-refractivity contribution < 1.29 is 5.11 Å². The van der Waals surface area contributed by atoms with Gasteiger partial charge in [0.2, 0.25) is 0 Å². The summed E-state index contributed by atoms with van der Waals surface area (Å²) >= 11 is 0. The first-order chi connectivity index (χ1) is 9.22. The van der Waals surface area contributed by atoms with Crippen molar-refractivity contribution in [1.29, 1.82) is 0 Å². The molecule has 2 bridgehead atoms. The minimum absolute atomic E-state index is 0.246. The highest BCUT2D eigenvalue weighted by Gasteiger charge is 2.62. The summed E-state index contributed by atoms with van der Waals surface area (Å²) in [7, 11) is 0. The molecule has 0 amide bonds. The fourth-order valence-corrected chi connectivity index (χ4v) is 6.74. The monoisotopic (exact) mass is 262 g/mol. The summed E-state index contributed by atoms with van der Waals surface area (Å²) < 4.78 is 0. The third-order valence-corrected chi connectivity index (χ3v) is 7.60. The molecule has 0 aromatic heterocycles. The predicted molar refractivity (Wildman–Crippen MR) is 77.7 cm³/mol. The third kappa shape index (κ3) is 1.76. The minimum Gasteiger partial charge on any atom is -0.389 e. The molecule has 1 nitrogen and oxygen atoms in total. The van der Waals surface area contributed by atoms with E-state index in [1.807, 2.05) is 0 Å². The van der Waals surface area contributed by atoms with Crippen LogP contribution in [0.1, 0.15) is 71.1 Å². The van der Waals surface area contributed by atoms with Gasteiger partial charge >= 0.3 is 0 Å². The Balaban J connectivity index is 1.54. The van der Waals surface area contributed by atoms with Crippen LogP contribution in [-0.4, -0.2) is 10.7 Å². The molecule has 7 unspecified atom stereocenters. The molecule has 4 aliphatic rings. The van der Waals surface area contributed by atoms with Gasteiger partial charge in [0.05, 0.1) is 5.60 Å². The molecule has 1 N–H and O–H groups in total. The van der Waals surface area contributed by atoms with Gasteiger partial charge in [0.1, 0.15) is 0 Å². The summed E-state index contributed by atoms with van der Waals surface area (Å²) in [4.78, 5) is 0. The van der Waals surface area contributed by atoms with Crippen LogP contribution in [0.5, 0.6) is 0 Å². The largest absolute Gasteiger partial charge is 0.389 e. The SMILES string of the molecule is CCC1CCCC(C2(O)CC3CC2C2CCCC32)C1. The van der Waals surface area contributed by atoms with Crippen LogP contribution in [0.25, 0.3) is 0 Å².